The molecule has 0 bridgehead atoms. The number of aromatic nitrogens is 2. The van der Waals surface area contributed by atoms with Crippen molar-refractivity contribution in [3.8, 4) is 0 Å². The van der Waals surface area contributed by atoms with Gasteiger partial charge in [0, 0.05) is 52.2 Å². The molecule has 0 saturated carbocycles. The highest BCUT2D eigenvalue weighted by atomic mass is 16.2. The van der Waals surface area contributed by atoms with Crippen molar-refractivity contribution >= 4 is 5.91 Å². The van der Waals surface area contributed by atoms with Crippen LogP contribution in [0.3, 0.4) is 0 Å². The topological polar surface area (TPSA) is 53.4 Å². The molecule has 112 valence electrons. The highest BCUT2D eigenvalue weighted by Crippen LogP contribution is 2.06. The largest absolute Gasteiger partial charge is 0.355 e. The van der Waals surface area contributed by atoms with E-state index in [0.29, 0.717) is 6.54 Å². The molecule has 0 atom stereocenters. The van der Waals surface area contributed by atoms with Gasteiger partial charge in [-0.05, 0) is 6.42 Å². The first-order valence-electron chi connectivity index (χ1n) is 7.36. The van der Waals surface area contributed by atoms with Gasteiger partial charge in [-0.1, -0.05) is 6.92 Å². The Bertz CT molecular complexity index is 423. The molecule has 1 fully saturated rings. The van der Waals surface area contributed by atoms with Gasteiger partial charge in [0.15, 0.2) is 0 Å². The van der Waals surface area contributed by atoms with Crippen LogP contribution in [0.4, 0.5) is 0 Å². The Morgan fingerprint density at radius 1 is 1.30 bits per heavy atom. The van der Waals surface area contributed by atoms with Gasteiger partial charge in [-0.15, -0.1) is 0 Å². The lowest BCUT2D eigenvalue weighted by Crippen LogP contribution is -2.49. The van der Waals surface area contributed by atoms with E-state index in [1.54, 1.807) is 0 Å². The number of amides is 1. The molecule has 0 aliphatic carbocycles. The number of carbonyl (C=O) groups excluding carboxylic acids is 1. The van der Waals surface area contributed by atoms with Crippen molar-refractivity contribution in [3.05, 3.63) is 18.2 Å². The standard InChI is InChI=1S/C14H25N5O/c1-3-4-16-14(20)12-19-9-7-18(8-10-19)11-13-15-5-6-17(13)2/h5-6H,3-4,7-12H2,1-2H3,(H,16,20). The lowest BCUT2D eigenvalue weighted by atomic mass is 10.3. The summed E-state index contributed by atoms with van der Waals surface area (Å²) in [6.07, 6.45) is 4.80. The van der Waals surface area contributed by atoms with Crippen molar-refractivity contribution in [2.45, 2.75) is 19.9 Å². The highest BCUT2D eigenvalue weighted by Gasteiger charge is 2.19. The van der Waals surface area contributed by atoms with E-state index in [4.69, 9.17) is 0 Å². The summed E-state index contributed by atoms with van der Waals surface area (Å²) in [6, 6.07) is 0. The van der Waals surface area contributed by atoms with Crippen LogP contribution in [0, 0.1) is 0 Å². The maximum Gasteiger partial charge on any atom is 0.234 e. The first-order chi connectivity index (χ1) is 9.69. The molecule has 1 saturated heterocycles. The third kappa shape index (κ3) is 4.31. The first kappa shape index (κ1) is 15.0. The van der Waals surface area contributed by atoms with Crippen LogP contribution in [-0.2, 0) is 18.4 Å². The van der Waals surface area contributed by atoms with E-state index in [-0.39, 0.29) is 5.91 Å². The maximum atomic E-state index is 11.7. The van der Waals surface area contributed by atoms with Gasteiger partial charge in [-0.25, -0.2) is 4.98 Å². The highest BCUT2D eigenvalue weighted by molar-refractivity contribution is 5.77. The summed E-state index contributed by atoms with van der Waals surface area (Å²) in [5.41, 5.74) is 0. The SMILES string of the molecule is CCCNC(=O)CN1CCN(Cc2nccn2C)CC1. The fraction of sp³-hybridized carbons (Fsp3) is 0.714. The van der Waals surface area contributed by atoms with E-state index in [0.717, 1.165) is 51.5 Å². The van der Waals surface area contributed by atoms with Gasteiger partial charge in [0.25, 0.3) is 0 Å². The maximum absolute atomic E-state index is 11.7. The smallest absolute Gasteiger partial charge is 0.234 e. The van der Waals surface area contributed by atoms with E-state index < -0.39 is 0 Å². The monoisotopic (exact) mass is 279 g/mol. The molecule has 2 heterocycles. The van der Waals surface area contributed by atoms with Crippen LogP contribution in [0.5, 0.6) is 0 Å². The molecule has 1 N–H and O–H groups in total. The Morgan fingerprint density at radius 2 is 2.00 bits per heavy atom. The fourth-order valence-corrected chi connectivity index (χ4v) is 2.38. The van der Waals surface area contributed by atoms with Crippen LogP contribution in [0.25, 0.3) is 0 Å². The minimum Gasteiger partial charge on any atom is -0.355 e. The lowest BCUT2D eigenvalue weighted by Gasteiger charge is -2.34. The molecule has 2 rings (SSSR count). The van der Waals surface area contributed by atoms with Gasteiger partial charge in [-0.2, -0.15) is 0 Å². The molecule has 1 amide bonds. The second-order valence-corrected chi connectivity index (χ2v) is 5.36. The van der Waals surface area contributed by atoms with Gasteiger partial charge in [0.2, 0.25) is 5.91 Å². The Morgan fingerprint density at radius 3 is 2.60 bits per heavy atom. The predicted molar refractivity (Wildman–Crippen MR) is 78.2 cm³/mol. The summed E-state index contributed by atoms with van der Waals surface area (Å²) in [7, 11) is 2.02. The number of hydrogen-bond acceptors (Lipinski definition) is 4. The quantitative estimate of drug-likeness (QED) is 0.800. The van der Waals surface area contributed by atoms with E-state index in [9.17, 15) is 4.79 Å². The lowest BCUT2D eigenvalue weighted by molar-refractivity contribution is -0.122. The summed E-state index contributed by atoms with van der Waals surface area (Å²) in [6.45, 7) is 8.14. The second kappa shape index (κ2) is 7.40. The molecule has 20 heavy (non-hydrogen) atoms. The third-order valence-corrected chi connectivity index (χ3v) is 3.69. The summed E-state index contributed by atoms with van der Waals surface area (Å²) >= 11 is 0. The third-order valence-electron chi connectivity index (χ3n) is 3.69. The number of aryl methyl sites for hydroxylation is 1. The van der Waals surface area contributed by atoms with Crippen molar-refractivity contribution in [2.24, 2.45) is 7.05 Å². The Kier molecular flexibility index (Phi) is 5.55. The minimum absolute atomic E-state index is 0.143. The molecule has 1 aliphatic rings. The summed E-state index contributed by atoms with van der Waals surface area (Å²) in [5, 5.41) is 2.93. The summed E-state index contributed by atoms with van der Waals surface area (Å²) < 4.78 is 2.06. The van der Waals surface area contributed by atoms with E-state index in [2.05, 4.69) is 31.6 Å². The van der Waals surface area contributed by atoms with Crippen LogP contribution in [-0.4, -0.2) is 64.5 Å². The minimum atomic E-state index is 0.143. The fourth-order valence-electron chi connectivity index (χ4n) is 2.38. The van der Waals surface area contributed by atoms with Crippen molar-refractivity contribution in [2.75, 3.05) is 39.3 Å². The van der Waals surface area contributed by atoms with Gasteiger partial charge >= 0.3 is 0 Å². The van der Waals surface area contributed by atoms with Crippen molar-refractivity contribution in [1.82, 2.24) is 24.7 Å². The Hall–Kier alpha value is -1.40. The number of rotatable bonds is 6. The number of imidazole rings is 1. The summed E-state index contributed by atoms with van der Waals surface area (Å²) in [4.78, 5) is 20.6. The van der Waals surface area contributed by atoms with E-state index in [1.165, 1.54) is 0 Å². The molecular formula is C14H25N5O. The average Bonchev–Trinajstić information content (AvgIpc) is 2.84. The van der Waals surface area contributed by atoms with Crippen LogP contribution in [0.1, 0.15) is 19.2 Å². The molecule has 0 unspecified atom stereocenters. The zero-order valence-corrected chi connectivity index (χ0v) is 12.5. The number of hydrogen-bond donors (Lipinski definition) is 1. The zero-order chi connectivity index (χ0) is 14.4. The molecular weight excluding hydrogens is 254 g/mol. The Balaban J connectivity index is 1.70. The van der Waals surface area contributed by atoms with Gasteiger partial charge in [0.1, 0.15) is 5.82 Å². The molecule has 1 aliphatic heterocycles. The molecule has 1 aromatic rings. The molecule has 1 aromatic heterocycles. The molecule has 6 nitrogen and oxygen atoms in total. The van der Waals surface area contributed by atoms with Gasteiger partial charge < -0.3 is 9.88 Å². The number of piperazine rings is 1. The molecule has 0 spiro atoms. The van der Waals surface area contributed by atoms with E-state index >= 15 is 0 Å². The molecule has 6 heteroatoms. The average molecular weight is 279 g/mol. The van der Waals surface area contributed by atoms with Crippen LogP contribution < -0.4 is 5.32 Å². The second-order valence-electron chi connectivity index (χ2n) is 5.36. The van der Waals surface area contributed by atoms with Gasteiger partial charge in [-0.3, -0.25) is 14.6 Å². The van der Waals surface area contributed by atoms with Crippen molar-refractivity contribution < 1.29 is 4.79 Å². The Labute approximate surface area is 120 Å². The van der Waals surface area contributed by atoms with E-state index in [1.807, 2.05) is 19.4 Å². The van der Waals surface area contributed by atoms with Crippen molar-refractivity contribution in [1.29, 1.82) is 0 Å². The van der Waals surface area contributed by atoms with Gasteiger partial charge in [0.05, 0.1) is 13.1 Å². The predicted octanol–water partition coefficient (Wildman–Crippen LogP) is 0.0639. The van der Waals surface area contributed by atoms with Crippen LogP contribution in [0.2, 0.25) is 0 Å². The first-order valence-corrected chi connectivity index (χ1v) is 7.36. The normalized spacial score (nSPS) is 17.3. The summed E-state index contributed by atoms with van der Waals surface area (Å²) in [5.74, 6) is 1.24. The molecule has 0 aromatic carbocycles. The molecule has 0 radical (unpaired) electrons. The zero-order valence-electron chi connectivity index (χ0n) is 12.5. The van der Waals surface area contributed by atoms with Crippen molar-refractivity contribution in [3.63, 3.8) is 0 Å². The number of nitrogens with zero attached hydrogens (tertiary/aromatic N) is 4. The van der Waals surface area contributed by atoms with Crippen LogP contribution in [0.15, 0.2) is 12.4 Å². The number of carbonyl (C=O) groups is 1. The number of nitrogens with one attached hydrogen (secondary N) is 1. The van der Waals surface area contributed by atoms with Crippen LogP contribution >= 0.6 is 0 Å².